The van der Waals surface area contributed by atoms with Crippen LogP contribution < -0.4 is 9.64 Å². The maximum Gasteiger partial charge on any atom is 0.296 e. The van der Waals surface area contributed by atoms with E-state index in [1.807, 2.05) is 80.6 Å². The van der Waals surface area contributed by atoms with Gasteiger partial charge in [0.15, 0.2) is 16.7 Å². The Hall–Kier alpha value is -4.23. The van der Waals surface area contributed by atoms with E-state index in [9.17, 15) is 14.7 Å². The van der Waals surface area contributed by atoms with Gasteiger partial charge in [0.05, 0.1) is 28.4 Å². The van der Waals surface area contributed by atoms with E-state index < -0.39 is 23.5 Å². The number of ether oxygens (including phenoxy) is 1. The molecule has 0 fully saturated rings. The second kappa shape index (κ2) is 11.9. The van der Waals surface area contributed by atoms with E-state index in [0.29, 0.717) is 23.1 Å². The molecule has 1 atom stereocenters. The lowest BCUT2D eigenvalue weighted by Gasteiger charge is -2.24. The molecule has 7 heteroatoms. The molecule has 40 heavy (non-hydrogen) atoms. The smallest absolute Gasteiger partial charge is 0.296 e. The molecule has 4 aromatic rings. The zero-order valence-corrected chi connectivity index (χ0v) is 23.7. The minimum atomic E-state index is -0.860. The number of allylic oxidation sites excluding steroid dienone is 1. The quantitative estimate of drug-likeness (QED) is 0.161. The van der Waals surface area contributed by atoms with Gasteiger partial charge in [-0.1, -0.05) is 85.7 Å². The molecule has 0 bridgehead atoms. The summed E-state index contributed by atoms with van der Waals surface area (Å²) in [6, 6.07) is 20.0. The van der Waals surface area contributed by atoms with E-state index in [1.165, 1.54) is 22.3 Å². The van der Waals surface area contributed by atoms with Crippen LogP contribution in [0.15, 0.2) is 84.1 Å². The Balaban J connectivity index is 1.57. The number of ketones is 1. The van der Waals surface area contributed by atoms with Gasteiger partial charge < -0.3 is 9.84 Å². The third-order valence-electron chi connectivity index (χ3n) is 6.92. The van der Waals surface area contributed by atoms with E-state index >= 15 is 0 Å². The summed E-state index contributed by atoms with van der Waals surface area (Å²) in [6.45, 7) is 6.72. The summed E-state index contributed by atoms with van der Waals surface area (Å²) in [5.74, 6) is -1.00. The maximum atomic E-state index is 13.6. The van der Waals surface area contributed by atoms with Crippen LogP contribution in [0.4, 0.5) is 5.13 Å². The number of benzene rings is 3. The Morgan fingerprint density at radius 2 is 1.88 bits per heavy atom. The van der Waals surface area contributed by atoms with E-state index in [2.05, 4.69) is 6.92 Å². The van der Waals surface area contributed by atoms with Crippen molar-refractivity contribution in [1.29, 1.82) is 0 Å². The number of fused-ring (bicyclic) bond motifs is 1. The first kappa shape index (κ1) is 27.3. The number of hydrogen-bond acceptors (Lipinski definition) is 6. The van der Waals surface area contributed by atoms with Crippen LogP contribution >= 0.6 is 11.3 Å². The van der Waals surface area contributed by atoms with Gasteiger partial charge in [-0.25, -0.2) is 4.98 Å². The molecule has 1 aliphatic rings. The number of carbonyl (C=O) groups excluding carboxylic acids is 2. The molecule has 5 rings (SSSR count). The minimum Gasteiger partial charge on any atom is -0.503 e. The molecule has 2 heterocycles. The number of nitrogens with zero attached hydrogens (tertiary/aromatic N) is 2. The highest BCUT2D eigenvalue weighted by molar-refractivity contribution is 7.22. The largest absolute Gasteiger partial charge is 0.503 e. The molecule has 0 saturated heterocycles. The van der Waals surface area contributed by atoms with Gasteiger partial charge in [-0.15, -0.1) is 0 Å². The van der Waals surface area contributed by atoms with Crippen molar-refractivity contribution < 1.29 is 19.4 Å². The van der Waals surface area contributed by atoms with Gasteiger partial charge in [0, 0.05) is 0 Å². The van der Waals surface area contributed by atoms with E-state index in [-0.39, 0.29) is 5.57 Å². The molecule has 0 saturated carbocycles. The Morgan fingerprint density at radius 1 is 1.07 bits per heavy atom. The number of hydrogen-bond donors (Lipinski definition) is 1. The van der Waals surface area contributed by atoms with Gasteiger partial charge in [0.2, 0.25) is 0 Å². The molecule has 0 aliphatic carbocycles. The lowest BCUT2D eigenvalue weighted by molar-refractivity contribution is -0.117. The number of aryl methyl sites for hydroxylation is 2. The van der Waals surface area contributed by atoms with E-state index in [0.717, 1.165) is 46.2 Å². The second-order valence-electron chi connectivity index (χ2n) is 10.0. The molecule has 3 aromatic carbocycles. The van der Waals surface area contributed by atoms with Crippen molar-refractivity contribution in [2.45, 2.75) is 46.1 Å². The number of thiazole rings is 1. The first-order valence-electron chi connectivity index (χ1n) is 13.5. The first-order chi connectivity index (χ1) is 19.4. The SMILES string of the molecule is CCCCCOc1cccc(C2C(C(=O)C=Cc3ccccc3)=C(O)C(=O)N2c2nc3c(C)cc(C)cc3s2)c1. The summed E-state index contributed by atoms with van der Waals surface area (Å²) in [5, 5.41) is 11.5. The van der Waals surface area contributed by atoms with Gasteiger partial charge in [0.25, 0.3) is 5.91 Å². The average molecular weight is 553 g/mol. The molecule has 204 valence electrons. The number of amides is 1. The fourth-order valence-corrected chi connectivity index (χ4v) is 6.14. The van der Waals surface area contributed by atoms with Crippen molar-refractivity contribution in [3.8, 4) is 5.75 Å². The zero-order valence-electron chi connectivity index (χ0n) is 22.9. The van der Waals surface area contributed by atoms with Crippen molar-refractivity contribution in [3.05, 3.63) is 106 Å². The number of carbonyl (C=O) groups is 2. The van der Waals surface area contributed by atoms with Crippen molar-refractivity contribution >= 4 is 44.5 Å². The number of aliphatic hydroxyl groups excluding tert-OH is 1. The molecular weight excluding hydrogens is 520 g/mol. The standard InChI is InChI=1S/C33H32N2O4S/c1-4-5-9-17-39-25-14-10-13-24(20-25)30-28(26(36)16-15-23-11-7-6-8-12-23)31(37)32(38)35(30)33-34-29-22(3)18-21(2)19-27(29)40-33/h6-8,10-16,18-20,30,37H,4-5,9,17H2,1-3H3. The molecule has 1 aliphatic heterocycles. The van der Waals surface area contributed by atoms with Gasteiger partial charge >= 0.3 is 0 Å². The highest BCUT2D eigenvalue weighted by Gasteiger charge is 2.45. The Kier molecular flexibility index (Phi) is 8.12. The monoisotopic (exact) mass is 552 g/mol. The zero-order chi connectivity index (χ0) is 28.2. The van der Waals surface area contributed by atoms with Crippen LogP contribution in [0.1, 0.15) is 54.5 Å². The van der Waals surface area contributed by atoms with Crippen LogP contribution in [0, 0.1) is 13.8 Å². The lowest BCUT2D eigenvalue weighted by Crippen LogP contribution is -2.30. The van der Waals surface area contributed by atoms with Crippen molar-refractivity contribution in [2.24, 2.45) is 0 Å². The molecule has 0 spiro atoms. The van der Waals surface area contributed by atoms with Crippen LogP contribution in [-0.2, 0) is 9.59 Å². The highest BCUT2D eigenvalue weighted by atomic mass is 32.1. The third-order valence-corrected chi connectivity index (χ3v) is 7.92. The third kappa shape index (κ3) is 5.56. The van der Waals surface area contributed by atoms with E-state index in [1.54, 1.807) is 6.08 Å². The predicted molar refractivity (Wildman–Crippen MR) is 161 cm³/mol. The van der Waals surface area contributed by atoms with Gasteiger partial charge in [-0.2, -0.15) is 0 Å². The lowest BCUT2D eigenvalue weighted by atomic mass is 9.95. The van der Waals surface area contributed by atoms with Gasteiger partial charge in [-0.05, 0) is 66.8 Å². The number of anilines is 1. The Bertz CT molecular complexity index is 1620. The van der Waals surface area contributed by atoms with Crippen molar-refractivity contribution in [2.75, 3.05) is 11.5 Å². The van der Waals surface area contributed by atoms with Crippen molar-refractivity contribution in [3.63, 3.8) is 0 Å². The molecule has 1 amide bonds. The predicted octanol–water partition coefficient (Wildman–Crippen LogP) is 7.66. The topological polar surface area (TPSA) is 79.7 Å². The van der Waals surface area contributed by atoms with Gasteiger partial charge in [-0.3, -0.25) is 14.5 Å². The molecule has 0 radical (unpaired) electrons. The summed E-state index contributed by atoms with van der Waals surface area (Å²) in [5.41, 5.74) is 4.42. The summed E-state index contributed by atoms with van der Waals surface area (Å²) >= 11 is 1.37. The Labute approximate surface area is 238 Å². The normalized spacial score (nSPS) is 15.5. The van der Waals surface area contributed by atoms with Crippen LogP contribution in [-0.4, -0.2) is 28.4 Å². The Morgan fingerprint density at radius 3 is 2.65 bits per heavy atom. The second-order valence-corrected chi connectivity index (χ2v) is 11.0. The molecule has 1 aromatic heterocycles. The first-order valence-corrected chi connectivity index (χ1v) is 14.3. The van der Waals surface area contributed by atoms with E-state index in [4.69, 9.17) is 9.72 Å². The number of rotatable bonds is 10. The van der Waals surface area contributed by atoms with Crippen LogP contribution in [0.5, 0.6) is 5.75 Å². The summed E-state index contributed by atoms with van der Waals surface area (Å²) < 4.78 is 6.93. The summed E-state index contributed by atoms with van der Waals surface area (Å²) in [7, 11) is 0. The average Bonchev–Trinajstić information content (AvgIpc) is 3.49. The highest BCUT2D eigenvalue weighted by Crippen LogP contribution is 2.44. The molecule has 1 unspecified atom stereocenters. The number of aromatic nitrogens is 1. The summed E-state index contributed by atoms with van der Waals surface area (Å²) in [4.78, 5) is 33.5. The molecule has 1 N–H and O–H groups in total. The van der Waals surface area contributed by atoms with Gasteiger partial charge in [0.1, 0.15) is 5.75 Å². The molecule has 6 nitrogen and oxygen atoms in total. The van der Waals surface area contributed by atoms with Crippen LogP contribution in [0.2, 0.25) is 0 Å². The fraction of sp³-hybridized carbons (Fsp3) is 0.242. The van der Waals surface area contributed by atoms with Crippen molar-refractivity contribution in [1.82, 2.24) is 4.98 Å². The van der Waals surface area contributed by atoms with Crippen LogP contribution in [0.25, 0.3) is 16.3 Å². The molecular formula is C33H32N2O4S. The maximum absolute atomic E-state index is 13.6. The number of unbranched alkanes of at least 4 members (excludes halogenated alkanes) is 2. The minimum absolute atomic E-state index is 0.0208. The fourth-order valence-electron chi connectivity index (χ4n) is 4.97. The number of aliphatic hydroxyl groups is 1. The summed E-state index contributed by atoms with van der Waals surface area (Å²) in [6.07, 6.45) is 6.19. The van der Waals surface area contributed by atoms with Crippen LogP contribution in [0.3, 0.4) is 0 Å².